The van der Waals surface area contributed by atoms with Gasteiger partial charge in [0.05, 0.1) is 28.9 Å². The molecule has 1 atom stereocenters. The Balaban J connectivity index is 1.67. The molecule has 8 nitrogen and oxygen atoms in total. The van der Waals surface area contributed by atoms with Crippen molar-refractivity contribution in [2.45, 2.75) is 20.0 Å². The normalized spacial score (nSPS) is 16.4. The molecule has 176 valence electrons. The van der Waals surface area contributed by atoms with Gasteiger partial charge in [-0.3, -0.25) is 14.0 Å². The first-order valence-electron chi connectivity index (χ1n) is 10.9. The average molecular weight is 483 g/mol. The lowest BCUT2D eigenvalue weighted by molar-refractivity contribution is 0.0391. The minimum absolute atomic E-state index is 0.186. The SMILES string of the molecule is Cc1nn(C)cc1[C@@H]1CN(c2cc3nc(C)n(C)c(=O)c3c(-c3ccc(Cl)cc3F)n2)CCO1. The quantitative estimate of drug-likeness (QED) is 0.443. The fraction of sp³-hybridized carbons (Fsp3) is 0.333. The minimum atomic E-state index is -0.549. The van der Waals surface area contributed by atoms with E-state index in [4.69, 9.17) is 21.3 Å². The fourth-order valence-corrected chi connectivity index (χ4v) is 4.56. The van der Waals surface area contributed by atoms with Gasteiger partial charge in [-0.1, -0.05) is 11.6 Å². The van der Waals surface area contributed by atoms with Crippen molar-refractivity contribution in [2.75, 3.05) is 24.6 Å². The van der Waals surface area contributed by atoms with Crippen LogP contribution in [0.2, 0.25) is 5.02 Å². The number of benzene rings is 1. The second-order valence-electron chi connectivity index (χ2n) is 8.52. The molecule has 0 spiro atoms. The first-order valence-corrected chi connectivity index (χ1v) is 11.3. The van der Waals surface area contributed by atoms with Gasteiger partial charge in [0, 0.05) is 55.6 Å². The second kappa shape index (κ2) is 8.48. The molecular weight excluding hydrogens is 459 g/mol. The van der Waals surface area contributed by atoms with E-state index in [2.05, 4.69) is 15.0 Å². The summed E-state index contributed by atoms with van der Waals surface area (Å²) in [6.45, 7) is 5.35. The van der Waals surface area contributed by atoms with E-state index in [9.17, 15) is 9.18 Å². The van der Waals surface area contributed by atoms with Crippen LogP contribution in [0, 0.1) is 19.7 Å². The lowest BCUT2D eigenvalue weighted by atomic mass is 10.1. The number of nitrogens with zero attached hydrogens (tertiary/aromatic N) is 6. The predicted molar refractivity (Wildman–Crippen MR) is 129 cm³/mol. The van der Waals surface area contributed by atoms with E-state index < -0.39 is 5.82 Å². The Bertz CT molecular complexity index is 1480. The Morgan fingerprint density at radius 2 is 1.97 bits per heavy atom. The van der Waals surface area contributed by atoms with Crippen LogP contribution in [0.15, 0.2) is 35.3 Å². The van der Waals surface area contributed by atoms with Gasteiger partial charge in [-0.2, -0.15) is 5.10 Å². The lowest BCUT2D eigenvalue weighted by Crippen LogP contribution is -2.39. The van der Waals surface area contributed by atoms with Gasteiger partial charge in [-0.05, 0) is 32.0 Å². The average Bonchev–Trinajstić information content (AvgIpc) is 3.15. The highest BCUT2D eigenvalue weighted by Gasteiger charge is 2.27. The number of fused-ring (bicyclic) bond motifs is 1. The monoisotopic (exact) mass is 482 g/mol. The van der Waals surface area contributed by atoms with Gasteiger partial charge in [0.25, 0.3) is 5.56 Å². The van der Waals surface area contributed by atoms with Gasteiger partial charge in [0.2, 0.25) is 0 Å². The zero-order valence-corrected chi connectivity index (χ0v) is 20.1. The van der Waals surface area contributed by atoms with Crippen LogP contribution in [0.4, 0.5) is 10.2 Å². The number of aromatic nitrogens is 5. The van der Waals surface area contributed by atoms with Crippen LogP contribution < -0.4 is 10.5 Å². The highest BCUT2D eigenvalue weighted by Crippen LogP contribution is 2.33. The van der Waals surface area contributed by atoms with Crippen LogP contribution >= 0.6 is 11.6 Å². The number of rotatable bonds is 3. The highest BCUT2D eigenvalue weighted by molar-refractivity contribution is 6.30. The third kappa shape index (κ3) is 3.84. The third-order valence-electron chi connectivity index (χ3n) is 6.25. The molecule has 34 heavy (non-hydrogen) atoms. The minimum Gasteiger partial charge on any atom is -0.370 e. The summed E-state index contributed by atoms with van der Waals surface area (Å²) in [7, 11) is 3.52. The van der Waals surface area contributed by atoms with Gasteiger partial charge in [0.1, 0.15) is 23.6 Å². The van der Waals surface area contributed by atoms with E-state index in [1.165, 1.54) is 10.6 Å². The Kier molecular flexibility index (Phi) is 5.61. The van der Waals surface area contributed by atoms with E-state index in [0.29, 0.717) is 36.9 Å². The molecule has 1 aliphatic heterocycles. The van der Waals surface area contributed by atoms with Crippen LogP contribution in [0.5, 0.6) is 0 Å². The molecular formula is C24H24ClFN6O2. The Morgan fingerprint density at radius 1 is 1.18 bits per heavy atom. The van der Waals surface area contributed by atoms with Gasteiger partial charge >= 0.3 is 0 Å². The summed E-state index contributed by atoms with van der Waals surface area (Å²) in [5, 5.41) is 4.97. The van der Waals surface area contributed by atoms with Crippen LogP contribution in [0.3, 0.4) is 0 Å². The third-order valence-corrected chi connectivity index (χ3v) is 6.48. The summed E-state index contributed by atoms with van der Waals surface area (Å²) < 4.78 is 24.2. The van der Waals surface area contributed by atoms with Gasteiger partial charge in [-0.25, -0.2) is 14.4 Å². The molecule has 1 aliphatic rings. The molecule has 4 heterocycles. The summed E-state index contributed by atoms with van der Waals surface area (Å²) in [6.07, 6.45) is 1.77. The topological polar surface area (TPSA) is 78.1 Å². The number of pyridine rings is 1. The molecule has 0 unspecified atom stereocenters. The van der Waals surface area contributed by atoms with Crippen molar-refractivity contribution in [2.24, 2.45) is 14.1 Å². The van der Waals surface area contributed by atoms with Crippen molar-refractivity contribution in [3.05, 3.63) is 68.7 Å². The first-order chi connectivity index (χ1) is 16.2. The summed E-state index contributed by atoms with van der Waals surface area (Å²) in [5.41, 5.74) is 2.56. The van der Waals surface area contributed by atoms with E-state index in [1.807, 2.05) is 20.2 Å². The van der Waals surface area contributed by atoms with Crippen molar-refractivity contribution in [1.29, 1.82) is 0 Å². The number of hydrogen-bond acceptors (Lipinski definition) is 6. The predicted octanol–water partition coefficient (Wildman–Crippen LogP) is 3.72. The van der Waals surface area contributed by atoms with Crippen molar-refractivity contribution in [3.8, 4) is 11.3 Å². The zero-order valence-electron chi connectivity index (χ0n) is 19.3. The van der Waals surface area contributed by atoms with E-state index in [0.717, 1.165) is 11.3 Å². The standard InChI is InChI=1S/C24H24ClFN6O2/c1-13-17(11-30(3)29-13)20-12-32(7-8-34-20)21-10-19-22(24(33)31(4)14(2)27-19)23(28-21)16-6-5-15(25)9-18(16)26/h5-6,9-11,20H,7-8,12H2,1-4H3/t20-/m0/s1. The van der Waals surface area contributed by atoms with Crippen LogP contribution in [-0.2, 0) is 18.8 Å². The number of halogens is 2. The molecule has 3 aromatic heterocycles. The molecule has 0 N–H and O–H groups in total. The first kappa shape index (κ1) is 22.5. The zero-order chi connectivity index (χ0) is 24.1. The van der Waals surface area contributed by atoms with E-state index in [1.54, 1.807) is 36.9 Å². The molecule has 4 aromatic rings. The Labute approximate surface area is 200 Å². The summed E-state index contributed by atoms with van der Waals surface area (Å²) in [6, 6.07) is 6.14. The fourth-order valence-electron chi connectivity index (χ4n) is 4.40. The van der Waals surface area contributed by atoms with Crippen molar-refractivity contribution in [3.63, 3.8) is 0 Å². The Morgan fingerprint density at radius 3 is 2.68 bits per heavy atom. The smallest absolute Gasteiger partial charge is 0.263 e. The summed E-state index contributed by atoms with van der Waals surface area (Å²) in [5.74, 6) is 0.613. The molecule has 0 bridgehead atoms. The van der Waals surface area contributed by atoms with E-state index in [-0.39, 0.29) is 33.3 Å². The molecule has 1 aromatic carbocycles. The summed E-state index contributed by atoms with van der Waals surface area (Å²) >= 11 is 5.97. The molecule has 0 aliphatic carbocycles. The Hall–Kier alpha value is -3.30. The van der Waals surface area contributed by atoms with Gasteiger partial charge < -0.3 is 9.64 Å². The van der Waals surface area contributed by atoms with Crippen molar-refractivity contribution < 1.29 is 9.13 Å². The summed E-state index contributed by atoms with van der Waals surface area (Å²) in [4.78, 5) is 24.7. The van der Waals surface area contributed by atoms with Crippen molar-refractivity contribution >= 4 is 28.3 Å². The van der Waals surface area contributed by atoms with Gasteiger partial charge in [0.15, 0.2) is 0 Å². The second-order valence-corrected chi connectivity index (χ2v) is 8.96. The van der Waals surface area contributed by atoms with Crippen LogP contribution in [0.1, 0.15) is 23.2 Å². The van der Waals surface area contributed by atoms with Gasteiger partial charge in [-0.15, -0.1) is 0 Å². The van der Waals surface area contributed by atoms with Crippen molar-refractivity contribution in [1.82, 2.24) is 24.3 Å². The van der Waals surface area contributed by atoms with Crippen LogP contribution in [-0.4, -0.2) is 44.0 Å². The molecule has 0 saturated carbocycles. The lowest BCUT2D eigenvalue weighted by Gasteiger charge is -2.34. The number of aryl methyl sites for hydroxylation is 3. The largest absolute Gasteiger partial charge is 0.370 e. The molecule has 0 radical (unpaired) electrons. The highest BCUT2D eigenvalue weighted by atomic mass is 35.5. The molecule has 10 heteroatoms. The maximum atomic E-state index is 15.0. The number of morpholine rings is 1. The molecule has 1 fully saturated rings. The molecule has 0 amide bonds. The molecule has 5 rings (SSSR count). The number of ether oxygens (including phenoxy) is 1. The maximum absolute atomic E-state index is 15.0. The number of hydrogen-bond donors (Lipinski definition) is 0. The molecule has 1 saturated heterocycles. The number of anilines is 1. The van der Waals surface area contributed by atoms with Crippen LogP contribution in [0.25, 0.3) is 22.2 Å². The van der Waals surface area contributed by atoms with E-state index >= 15 is 0 Å². The maximum Gasteiger partial charge on any atom is 0.263 e.